The van der Waals surface area contributed by atoms with Gasteiger partial charge in [-0.1, -0.05) is 35.3 Å². The Morgan fingerprint density at radius 3 is 1.88 bits per heavy atom. The minimum Gasteiger partial charge on any atom is -0.506 e. The van der Waals surface area contributed by atoms with E-state index in [2.05, 4.69) is 0 Å². The number of rotatable bonds is 2. The second kappa shape index (κ2) is 6.97. The van der Waals surface area contributed by atoms with E-state index in [1.807, 2.05) is 0 Å². The zero-order chi connectivity index (χ0) is 23.8. The van der Waals surface area contributed by atoms with Crippen molar-refractivity contribution in [1.82, 2.24) is 0 Å². The third kappa shape index (κ3) is 2.79. The normalized spacial score (nSPS) is 14.7. The number of phenols is 2. The molecule has 1 spiro atoms. The average molecular weight is 485 g/mol. The van der Waals surface area contributed by atoms with Gasteiger partial charge in [-0.25, -0.2) is 4.79 Å². The summed E-state index contributed by atoms with van der Waals surface area (Å²) in [5.74, 6) is -2.00. The number of aromatic hydroxyl groups is 2. The number of carbonyl (C=O) groups is 3. The Morgan fingerprint density at radius 1 is 0.848 bits per heavy atom. The molecular formula is C24H14Cl2O7. The molecule has 0 aliphatic carbocycles. The Hall–Kier alpha value is -3.55. The van der Waals surface area contributed by atoms with Gasteiger partial charge in [-0.2, -0.15) is 0 Å². The number of carbonyl (C=O) groups excluding carboxylic acids is 3. The molecule has 166 valence electrons. The maximum atomic E-state index is 13.3. The first-order valence-corrected chi connectivity index (χ1v) is 10.5. The molecule has 0 aromatic heterocycles. The lowest BCUT2D eigenvalue weighted by atomic mass is 9.76. The number of benzene rings is 3. The van der Waals surface area contributed by atoms with E-state index in [9.17, 15) is 24.6 Å². The van der Waals surface area contributed by atoms with Gasteiger partial charge in [0.15, 0.2) is 17.2 Å². The van der Waals surface area contributed by atoms with Crippen molar-refractivity contribution in [1.29, 1.82) is 0 Å². The van der Waals surface area contributed by atoms with Gasteiger partial charge in [0, 0.05) is 39.9 Å². The fraction of sp³-hybridized carbons (Fsp3) is 0.125. The lowest BCUT2D eigenvalue weighted by Crippen LogP contribution is -2.33. The molecule has 0 saturated heterocycles. The molecule has 0 unspecified atom stereocenters. The fourth-order valence-electron chi connectivity index (χ4n) is 4.48. The van der Waals surface area contributed by atoms with E-state index < -0.39 is 17.4 Å². The molecule has 2 aliphatic heterocycles. The molecule has 0 bridgehead atoms. The highest BCUT2D eigenvalue weighted by molar-refractivity contribution is 6.32. The minimum atomic E-state index is -1.66. The summed E-state index contributed by atoms with van der Waals surface area (Å²) in [6.07, 6.45) is 0. The van der Waals surface area contributed by atoms with E-state index in [4.69, 9.17) is 32.7 Å². The van der Waals surface area contributed by atoms with Crippen molar-refractivity contribution in [2.75, 3.05) is 0 Å². The lowest BCUT2D eigenvalue weighted by Gasteiger charge is -2.37. The molecule has 33 heavy (non-hydrogen) atoms. The van der Waals surface area contributed by atoms with E-state index in [1.165, 1.54) is 50.2 Å². The Balaban J connectivity index is 1.95. The van der Waals surface area contributed by atoms with Crippen LogP contribution < -0.4 is 4.74 Å². The second-order valence-electron chi connectivity index (χ2n) is 7.80. The Morgan fingerprint density at radius 2 is 1.39 bits per heavy atom. The molecular weight excluding hydrogens is 471 g/mol. The van der Waals surface area contributed by atoms with Crippen LogP contribution in [0.25, 0.3) is 0 Å². The van der Waals surface area contributed by atoms with Crippen LogP contribution in [0.1, 0.15) is 61.6 Å². The summed E-state index contributed by atoms with van der Waals surface area (Å²) in [7, 11) is 0. The van der Waals surface area contributed by atoms with Crippen LogP contribution >= 0.6 is 23.2 Å². The van der Waals surface area contributed by atoms with Crippen LogP contribution in [0.5, 0.6) is 23.0 Å². The largest absolute Gasteiger partial charge is 0.506 e. The van der Waals surface area contributed by atoms with Gasteiger partial charge in [-0.3, -0.25) is 9.59 Å². The zero-order valence-corrected chi connectivity index (χ0v) is 18.7. The van der Waals surface area contributed by atoms with Crippen molar-refractivity contribution < 1.29 is 34.1 Å². The zero-order valence-electron chi connectivity index (χ0n) is 17.2. The standard InChI is InChI=1S/C24H14Cl2O7/c1-9(27)11-3-4-12-22(21(11)10(2)28)23(31)33-24(12)13-5-15(25)17(29)7-19(13)32-20-8-18(30)16(26)6-14(20)24/h3-8,29-30H,1-2H3. The molecule has 3 aromatic rings. The molecule has 0 radical (unpaired) electrons. The number of Topliss-reactive ketones (excluding diaryl/α,β-unsaturated/α-hetero) is 2. The van der Waals surface area contributed by atoms with Gasteiger partial charge in [0.2, 0.25) is 0 Å². The van der Waals surface area contributed by atoms with E-state index in [0.717, 1.165) is 0 Å². The molecule has 9 heteroatoms. The number of hydrogen-bond donors (Lipinski definition) is 2. The molecule has 2 heterocycles. The number of esters is 1. The topological polar surface area (TPSA) is 110 Å². The van der Waals surface area contributed by atoms with Crippen LogP contribution in [-0.4, -0.2) is 27.7 Å². The number of ether oxygens (including phenoxy) is 2. The van der Waals surface area contributed by atoms with Gasteiger partial charge in [-0.15, -0.1) is 0 Å². The Bertz CT molecular complexity index is 1380. The van der Waals surface area contributed by atoms with Crippen molar-refractivity contribution in [3.63, 3.8) is 0 Å². The highest BCUT2D eigenvalue weighted by atomic mass is 35.5. The molecule has 0 amide bonds. The van der Waals surface area contributed by atoms with Crippen molar-refractivity contribution in [3.8, 4) is 23.0 Å². The highest BCUT2D eigenvalue weighted by Crippen LogP contribution is 2.59. The average Bonchev–Trinajstić information content (AvgIpc) is 3.04. The van der Waals surface area contributed by atoms with Gasteiger partial charge < -0.3 is 19.7 Å². The summed E-state index contributed by atoms with van der Waals surface area (Å²) in [5, 5.41) is 20.2. The van der Waals surface area contributed by atoms with E-state index in [1.54, 1.807) is 0 Å². The summed E-state index contributed by atoms with van der Waals surface area (Å²) >= 11 is 12.4. The molecule has 2 N–H and O–H groups in total. The van der Waals surface area contributed by atoms with E-state index in [-0.39, 0.29) is 72.2 Å². The van der Waals surface area contributed by atoms with Crippen molar-refractivity contribution in [2.45, 2.75) is 19.4 Å². The van der Waals surface area contributed by atoms with E-state index in [0.29, 0.717) is 0 Å². The fourth-order valence-corrected chi connectivity index (χ4v) is 4.81. The predicted molar refractivity (Wildman–Crippen MR) is 118 cm³/mol. The molecule has 2 aliphatic rings. The number of phenolic OH excluding ortho intramolecular Hbond substituents is 2. The van der Waals surface area contributed by atoms with Crippen molar-refractivity contribution in [2.24, 2.45) is 0 Å². The van der Waals surface area contributed by atoms with Crippen LogP contribution in [0.15, 0.2) is 36.4 Å². The monoisotopic (exact) mass is 484 g/mol. The van der Waals surface area contributed by atoms with Crippen LogP contribution in [0.2, 0.25) is 10.0 Å². The van der Waals surface area contributed by atoms with Gasteiger partial charge in [0.1, 0.15) is 23.0 Å². The predicted octanol–water partition coefficient (Wildman–Crippen LogP) is 5.38. The quantitative estimate of drug-likeness (QED) is 0.371. The summed E-state index contributed by atoms with van der Waals surface area (Å²) in [5.41, 5.74) is -0.849. The van der Waals surface area contributed by atoms with E-state index >= 15 is 0 Å². The molecule has 0 atom stereocenters. The number of fused-ring (bicyclic) bond motifs is 6. The van der Waals surface area contributed by atoms with Gasteiger partial charge >= 0.3 is 5.97 Å². The summed E-state index contributed by atoms with van der Waals surface area (Å²) in [4.78, 5) is 38.0. The maximum Gasteiger partial charge on any atom is 0.340 e. The van der Waals surface area contributed by atoms with Crippen LogP contribution in [0.4, 0.5) is 0 Å². The maximum absolute atomic E-state index is 13.3. The molecule has 0 fully saturated rings. The van der Waals surface area contributed by atoms with Crippen molar-refractivity contribution in [3.05, 3.63) is 79.8 Å². The molecule has 7 nitrogen and oxygen atoms in total. The lowest BCUT2D eigenvalue weighted by molar-refractivity contribution is 0.0223. The number of halogens is 2. The SMILES string of the molecule is CC(=O)c1ccc2c(c1C(C)=O)C(=O)OC21c2cc(Cl)c(O)cc2Oc2cc(O)c(Cl)cc21. The third-order valence-electron chi connectivity index (χ3n) is 5.84. The first-order chi connectivity index (χ1) is 15.6. The summed E-state index contributed by atoms with van der Waals surface area (Å²) in [6, 6.07) is 8.30. The van der Waals surface area contributed by atoms with Crippen molar-refractivity contribution >= 4 is 40.7 Å². The highest BCUT2D eigenvalue weighted by Gasteiger charge is 2.55. The van der Waals surface area contributed by atoms with Crippen LogP contribution in [0, 0.1) is 0 Å². The van der Waals surface area contributed by atoms with Gasteiger partial charge in [-0.05, 0) is 26.0 Å². The van der Waals surface area contributed by atoms with Gasteiger partial charge in [0.25, 0.3) is 0 Å². The third-order valence-corrected chi connectivity index (χ3v) is 6.45. The number of hydrogen-bond acceptors (Lipinski definition) is 7. The van der Waals surface area contributed by atoms with Crippen LogP contribution in [0.3, 0.4) is 0 Å². The summed E-state index contributed by atoms with van der Waals surface area (Å²) in [6.45, 7) is 2.56. The number of ketones is 2. The molecule has 5 rings (SSSR count). The van der Waals surface area contributed by atoms with Crippen LogP contribution in [-0.2, 0) is 10.3 Å². The molecule has 3 aromatic carbocycles. The smallest absolute Gasteiger partial charge is 0.340 e. The van der Waals surface area contributed by atoms with Gasteiger partial charge in [0.05, 0.1) is 15.6 Å². The second-order valence-corrected chi connectivity index (χ2v) is 8.61. The first kappa shape index (κ1) is 21.3. The molecule has 0 saturated carbocycles. The summed E-state index contributed by atoms with van der Waals surface area (Å²) < 4.78 is 11.8. The minimum absolute atomic E-state index is 0.0262. The Kier molecular flexibility index (Phi) is 4.50. The Labute approximate surface area is 197 Å². The first-order valence-electron chi connectivity index (χ1n) is 9.72.